The highest BCUT2D eigenvalue weighted by Crippen LogP contribution is 2.16. The Labute approximate surface area is 113 Å². The van der Waals surface area contributed by atoms with Crippen LogP contribution in [0.2, 0.25) is 0 Å². The van der Waals surface area contributed by atoms with Crippen molar-refractivity contribution in [2.45, 2.75) is 13.5 Å². The maximum absolute atomic E-state index is 5.53. The third kappa shape index (κ3) is 2.96. The van der Waals surface area contributed by atoms with Crippen LogP contribution in [0.3, 0.4) is 0 Å². The molecule has 0 amide bonds. The minimum absolute atomic E-state index is 0.816. The average Bonchev–Trinajstić information content (AvgIpc) is 2.86. The van der Waals surface area contributed by atoms with Gasteiger partial charge in [0.15, 0.2) is 0 Å². The minimum atomic E-state index is 0.816. The summed E-state index contributed by atoms with van der Waals surface area (Å²) < 4.78 is 5.53. The van der Waals surface area contributed by atoms with Crippen LogP contribution in [-0.2, 0) is 6.54 Å². The molecule has 0 N–H and O–H groups in total. The molecule has 3 rings (SSSR count). The number of benzene rings is 1. The quantitative estimate of drug-likeness (QED) is 0.844. The Balaban J connectivity index is 1.55. The third-order valence-electron chi connectivity index (χ3n) is 3.52. The highest BCUT2D eigenvalue weighted by molar-refractivity contribution is 5.46. The summed E-state index contributed by atoms with van der Waals surface area (Å²) in [5.41, 5.74) is 1.31. The Bertz CT molecular complexity index is 515. The molecule has 100 valence electrons. The van der Waals surface area contributed by atoms with E-state index in [0.717, 1.165) is 44.4 Å². The van der Waals surface area contributed by atoms with Gasteiger partial charge in [-0.2, -0.15) is 0 Å². The molecule has 1 fully saturated rings. The summed E-state index contributed by atoms with van der Waals surface area (Å²) >= 11 is 0. The molecule has 1 aliphatic rings. The number of rotatable bonds is 3. The Morgan fingerprint density at radius 2 is 1.84 bits per heavy atom. The van der Waals surface area contributed by atoms with Crippen molar-refractivity contribution in [2.24, 2.45) is 0 Å². The molecule has 2 aromatic rings. The van der Waals surface area contributed by atoms with Crippen molar-refractivity contribution in [2.75, 3.05) is 31.1 Å². The van der Waals surface area contributed by atoms with Crippen molar-refractivity contribution in [3.8, 4) is 0 Å². The number of oxazole rings is 1. The fourth-order valence-corrected chi connectivity index (χ4v) is 2.47. The monoisotopic (exact) mass is 257 g/mol. The van der Waals surface area contributed by atoms with E-state index >= 15 is 0 Å². The summed E-state index contributed by atoms with van der Waals surface area (Å²) in [6.07, 6.45) is 1.79. The normalized spacial score (nSPS) is 16.8. The van der Waals surface area contributed by atoms with E-state index in [-0.39, 0.29) is 0 Å². The lowest BCUT2D eigenvalue weighted by Gasteiger charge is -2.35. The second-order valence-corrected chi connectivity index (χ2v) is 4.96. The lowest BCUT2D eigenvalue weighted by molar-refractivity contribution is 0.225. The molecule has 0 spiro atoms. The maximum atomic E-state index is 5.53. The van der Waals surface area contributed by atoms with E-state index < -0.39 is 0 Å². The zero-order chi connectivity index (χ0) is 13.1. The van der Waals surface area contributed by atoms with E-state index in [1.807, 2.05) is 6.92 Å². The van der Waals surface area contributed by atoms with Crippen LogP contribution >= 0.6 is 0 Å². The molecule has 1 saturated heterocycles. The van der Waals surface area contributed by atoms with Crippen molar-refractivity contribution in [3.05, 3.63) is 48.2 Å². The predicted octanol–water partition coefficient (Wildman–Crippen LogP) is 2.31. The Morgan fingerprint density at radius 3 is 2.47 bits per heavy atom. The van der Waals surface area contributed by atoms with Crippen LogP contribution in [0.4, 0.5) is 5.69 Å². The van der Waals surface area contributed by atoms with E-state index in [4.69, 9.17) is 4.42 Å². The van der Waals surface area contributed by atoms with Gasteiger partial charge in [0.2, 0.25) is 5.89 Å². The molecule has 1 aliphatic heterocycles. The zero-order valence-electron chi connectivity index (χ0n) is 11.2. The van der Waals surface area contributed by atoms with Crippen LogP contribution in [0.15, 0.2) is 40.9 Å². The lowest BCUT2D eigenvalue weighted by atomic mass is 10.2. The Morgan fingerprint density at radius 1 is 1.11 bits per heavy atom. The van der Waals surface area contributed by atoms with Crippen molar-refractivity contribution in [3.63, 3.8) is 0 Å². The number of aryl methyl sites for hydroxylation is 1. The summed E-state index contributed by atoms with van der Waals surface area (Å²) in [5, 5.41) is 0. The second kappa shape index (κ2) is 5.45. The fraction of sp³-hybridized carbons (Fsp3) is 0.400. The molecule has 1 aromatic carbocycles. The molecule has 0 saturated carbocycles. The van der Waals surface area contributed by atoms with Gasteiger partial charge in [-0.05, 0) is 19.1 Å². The number of para-hydroxylation sites is 1. The first kappa shape index (κ1) is 12.2. The number of hydrogen-bond acceptors (Lipinski definition) is 4. The smallest absolute Gasteiger partial charge is 0.208 e. The second-order valence-electron chi connectivity index (χ2n) is 4.96. The molecule has 1 aromatic heterocycles. The van der Waals surface area contributed by atoms with E-state index in [0.29, 0.717) is 0 Å². The average molecular weight is 257 g/mol. The standard InChI is InChI=1S/C15H19N3O/c1-13-11-16-15(19-13)12-17-7-9-18(10-8-17)14-5-3-2-4-6-14/h2-6,11H,7-10,12H2,1H3. The molecule has 0 atom stereocenters. The van der Waals surface area contributed by atoms with Crippen LogP contribution in [-0.4, -0.2) is 36.1 Å². The molecular weight excluding hydrogens is 238 g/mol. The first-order chi connectivity index (χ1) is 9.31. The molecular formula is C15H19N3O. The van der Waals surface area contributed by atoms with Crippen LogP contribution in [0, 0.1) is 6.92 Å². The largest absolute Gasteiger partial charge is 0.445 e. The minimum Gasteiger partial charge on any atom is -0.445 e. The predicted molar refractivity (Wildman–Crippen MR) is 75.2 cm³/mol. The summed E-state index contributed by atoms with van der Waals surface area (Å²) in [6, 6.07) is 10.6. The van der Waals surface area contributed by atoms with Crippen LogP contribution in [0.25, 0.3) is 0 Å². The number of anilines is 1. The van der Waals surface area contributed by atoms with Gasteiger partial charge in [0.05, 0.1) is 12.7 Å². The summed E-state index contributed by atoms with van der Waals surface area (Å²) in [5.74, 6) is 1.71. The maximum Gasteiger partial charge on any atom is 0.208 e. The van der Waals surface area contributed by atoms with E-state index in [1.54, 1.807) is 6.20 Å². The fourth-order valence-electron chi connectivity index (χ4n) is 2.47. The van der Waals surface area contributed by atoms with E-state index in [1.165, 1.54) is 5.69 Å². The third-order valence-corrected chi connectivity index (χ3v) is 3.52. The van der Waals surface area contributed by atoms with Crippen LogP contribution in [0.1, 0.15) is 11.7 Å². The van der Waals surface area contributed by atoms with Crippen LogP contribution < -0.4 is 4.90 Å². The van der Waals surface area contributed by atoms with Gasteiger partial charge in [-0.3, -0.25) is 4.90 Å². The number of hydrogen-bond donors (Lipinski definition) is 0. The molecule has 2 heterocycles. The highest BCUT2D eigenvalue weighted by Gasteiger charge is 2.18. The first-order valence-corrected chi connectivity index (χ1v) is 6.75. The number of aromatic nitrogens is 1. The van der Waals surface area contributed by atoms with Gasteiger partial charge >= 0.3 is 0 Å². The molecule has 0 bridgehead atoms. The van der Waals surface area contributed by atoms with Gasteiger partial charge in [0, 0.05) is 31.9 Å². The first-order valence-electron chi connectivity index (χ1n) is 6.75. The van der Waals surface area contributed by atoms with Gasteiger partial charge in [0.25, 0.3) is 0 Å². The molecule has 0 aliphatic carbocycles. The van der Waals surface area contributed by atoms with Gasteiger partial charge in [0.1, 0.15) is 5.76 Å². The molecule has 4 nitrogen and oxygen atoms in total. The Hall–Kier alpha value is -1.81. The van der Waals surface area contributed by atoms with Crippen molar-refractivity contribution >= 4 is 5.69 Å². The molecule has 4 heteroatoms. The lowest BCUT2D eigenvalue weighted by Crippen LogP contribution is -2.46. The molecule has 0 radical (unpaired) electrons. The summed E-state index contributed by atoms with van der Waals surface area (Å²) in [6.45, 7) is 6.97. The number of nitrogens with zero attached hydrogens (tertiary/aromatic N) is 3. The Kier molecular flexibility index (Phi) is 3.51. The topological polar surface area (TPSA) is 32.5 Å². The SMILES string of the molecule is Cc1cnc(CN2CCN(c3ccccc3)CC2)o1. The highest BCUT2D eigenvalue weighted by atomic mass is 16.4. The summed E-state index contributed by atoms with van der Waals surface area (Å²) in [4.78, 5) is 9.09. The van der Waals surface area contributed by atoms with Crippen molar-refractivity contribution < 1.29 is 4.42 Å². The molecule has 0 unspecified atom stereocenters. The van der Waals surface area contributed by atoms with E-state index in [9.17, 15) is 0 Å². The van der Waals surface area contributed by atoms with Gasteiger partial charge < -0.3 is 9.32 Å². The van der Waals surface area contributed by atoms with Crippen molar-refractivity contribution in [1.29, 1.82) is 0 Å². The zero-order valence-corrected chi connectivity index (χ0v) is 11.2. The number of piperazine rings is 1. The van der Waals surface area contributed by atoms with Gasteiger partial charge in [-0.15, -0.1) is 0 Å². The van der Waals surface area contributed by atoms with Crippen LogP contribution in [0.5, 0.6) is 0 Å². The van der Waals surface area contributed by atoms with Gasteiger partial charge in [-0.1, -0.05) is 18.2 Å². The summed E-state index contributed by atoms with van der Waals surface area (Å²) in [7, 11) is 0. The van der Waals surface area contributed by atoms with Gasteiger partial charge in [-0.25, -0.2) is 4.98 Å². The van der Waals surface area contributed by atoms with E-state index in [2.05, 4.69) is 45.1 Å². The molecule has 19 heavy (non-hydrogen) atoms. The van der Waals surface area contributed by atoms with Crippen molar-refractivity contribution in [1.82, 2.24) is 9.88 Å².